The van der Waals surface area contributed by atoms with Crippen LogP contribution in [0.15, 0.2) is 53.6 Å². The second kappa shape index (κ2) is 9.03. The van der Waals surface area contributed by atoms with Gasteiger partial charge in [-0.2, -0.15) is 10.2 Å². The number of nitrogens with one attached hydrogen (secondary N) is 2. The Morgan fingerprint density at radius 1 is 1.15 bits per heavy atom. The summed E-state index contributed by atoms with van der Waals surface area (Å²) in [4.78, 5) is 25.0. The number of H-pyrrole nitrogens is 1. The molecule has 0 unspecified atom stereocenters. The van der Waals surface area contributed by atoms with Crippen molar-refractivity contribution in [2.45, 2.75) is 37.6 Å². The number of benzene rings is 1. The Hall–Kier alpha value is -3.72. The lowest BCUT2D eigenvalue weighted by Crippen LogP contribution is -2.37. The standard InChI is InChI=1S/C24H25N5O4/c30-11-12-33-17-9-10-21-20(13-25-29(21)14-17)23(31)26-16-7-5-15(6-8-16)22-18-3-1-2-4-19(18)24(32)28-27-22/h1-4,9-10,13-16,30H,5-8,11-12H2,(H,26,31)(H,28,32)/t15-,16-. The summed E-state index contributed by atoms with van der Waals surface area (Å²) in [5, 5.41) is 24.9. The molecule has 1 fully saturated rings. The van der Waals surface area contributed by atoms with Crippen LogP contribution in [0.4, 0.5) is 0 Å². The summed E-state index contributed by atoms with van der Waals surface area (Å²) < 4.78 is 7.00. The van der Waals surface area contributed by atoms with Gasteiger partial charge in [0.25, 0.3) is 11.5 Å². The van der Waals surface area contributed by atoms with Crippen LogP contribution in [-0.4, -0.2) is 50.1 Å². The number of amides is 1. The third kappa shape index (κ3) is 4.19. The van der Waals surface area contributed by atoms with Gasteiger partial charge in [0.2, 0.25) is 0 Å². The smallest absolute Gasteiger partial charge is 0.272 e. The monoisotopic (exact) mass is 447 g/mol. The number of aliphatic hydroxyl groups is 1. The van der Waals surface area contributed by atoms with Crippen LogP contribution in [-0.2, 0) is 0 Å². The fourth-order valence-corrected chi connectivity index (χ4v) is 4.61. The van der Waals surface area contributed by atoms with Gasteiger partial charge in [0.1, 0.15) is 12.4 Å². The molecular weight excluding hydrogens is 422 g/mol. The Morgan fingerprint density at radius 3 is 2.73 bits per heavy atom. The van der Waals surface area contributed by atoms with Gasteiger partial charge in [0, 0.05) is 17.3 Å². The number of hydrogen-bond donors (Lipinski definition) is 3. The van der Waals surface area contributed by atoms with Crippen LogP contribution in [0.25, 0.3) is 16.3 Å². The topological polar surface area (TPSA) is 122 Å². The summed E-state index contributed by atoms with van der Waals surface area (Å²) in [6.07, 6.45) is 6.69. The van der Waals surface area contributed by atoms with Gasteiger partial charge in [0.05, 0.1) is 41.2 Å². The molecule has 3 heterocycles. The van der Waals surface area contributed by atoms with Crippen LogP contribution in [0.5, 0.6) is 5.75 Å². The van der Waals surface area contributed by atoms with E-state index >= 15 is 0 Å². The maximum absolute atomic E-state index is 12.9. The number of fused-ring (bicyclic) bond motifs is 2. The average Bonchev–Trinajstić information content (AvgIpc) is 3.27. The molecule has 170 valence electrons. The van der Waals surface area contributed by atoms with Crippen LogP contribution in [0.3, 0.4) is 0 Å². The van der Waals surface area contributed by atoms with Gasteiger partial charge < -0.3 is 15.2 Å². The SMILES string of the molecule is O=C(N[C@H]1CC[C@H](c2n[nH]c(=O)c3ccccc32)CC1)c1cnn2cc(OCCO)ccc12. The quantitative estimate of drug-likeness (QED) is 0.417. The van der Waals surface area contributed by atoms with E-state index in [0.717, 1.165) is 36.8 Å². The molecule has 5 rings (SSSR count). The van der Waals surface area contributed by atoms with Crippen LogP contribution < -0.4 is 15.6 Å². The lowest BCUT2D eigenvalue weighted by atomic mass is 9.82. The molecule has 4 aromatic rings. The van der Waals surface area contributed by atoms with Crippen molar-refractivity contribution in [3.8, 4) is 5.75 Å². The summed E-state index contributed by atoms with van der Waals surface area (Å²) in [7, 11) is 0. The second-order valence-corrected chi connectivity index (χ2v) is 8.33. The number of ether oxygens (including phenoxy) is 1. The Morgan fingerprint density at radius 2 is 1.94 bits per heavy atom. The second-order valence-electron chi connectivity index (χ2n) is 8.33. The van der Waals surface area contributed by atoms with Gasteiger partial charge in [-0.25, -0.2) is 9.61 Å². The highest BCUT2D eigenvalue weighted by Gasteiger charge is 2.27. The number of aliphatic hydroxyl groups excluding tert-OH is 1. The Bertz CT molecular complexity index is 1350. The lowest BCUT2D eigenvalue weighted by molar-refractivity contribution is 0.0927. The lowest BCUT2D eigenvalue weighted by Gasteiger charge is -2.29. The molecule has 3 aromatic heterocycles. The Labute approximate surface area is 189 Å². The summed E-state index contributed by atoms with van der Waals surface area (Å²) in [6.45, 7) is 0.134. The van der Waals surface area contributed by atoms with Crippen LogP contribution in [0.2, 0.25) is 0 Å². The molecule has 0 atom stereocenters. The normalized spacial score (nSPS) is 18.5. The van der Waals surface area contributed by atoms with Crippen LogP contribution in [0.1, 0.15) is 47.7 Å². The summed E-state index contributed by atoms with van der Waals surface area (Å²) in [6, 6.07) is 11.2. The number of rotatable bonds is 6. The molecule has 9 heteroatoms. The van der Waals surface area contributed by atoms with Gasteiger partial charge in [-0.15, -0.1) is 0 Å². The van der Waals surface area contributed by atoms with Crippen molar-refractivity contribution in [3.63, 3.8) is 0 Å². The number of aromatic nitrogens is 4. The molecular formula is C24H25N5O4. The molecule has 0 spiro atoms. The van der Waals surface area contributed by atoms with Crippen molar-refractivity contribution in [1.29, 1.82) is 0 Å². The average molecular weight is 447 g/mol. The molecule has 9 nitrogen and oxygen atoms in total. The van der Waals surface area contributed by atoms with Crippen LogP contribution >= 0.6 is 0 Å². The predicted octanol–water partition coefficient (Wildman–Crippen LogP) is 2.40. The van der Waals surface area contributed by atoms with Crippen molar-refractivity contribution >= 4 is 22.2 Å². The highest BCUT2D eigenvalue weighted by atomic mass is 16.5. The molecule has 33 heavy (non-hydrogen) atoms. The fraction of sp³-hybridized carbons (Fsp3) is 0.333. The number of hydrogen-bond acceptors (Lipinski definition) is 6. The van der Waals surface area contributed by atoms with Gasteiger partial charge in [-0.05, 0) is 43.9 Å². The fourth-order valence-electron chi connectivity index (χ4n) is 4.61. The maximum atomic E-state index is 12.9. The van der Waals surface area contributed by atoms with E-state index in [1.165, 1.54) is 0 Å². The molecule has 0 aliphatic heterocycles. The van der Waals surface area contributed by atoms with Crippen LogP contribution in [0, 0.1) is 0 Å². The minimum atomic E-state index is -0.171. The zero-order valence-corrected chi connectivity index (χ0v) is 18.0. The summed E-state index contributed by atoms with van der Waals surface area (Å²) in [5.41, 5.74) is 1.97. The minimum absolute atomic E-state index is 0.0679. The molecule has 1 saturated carbocycles. The minimum Gasteiger partial charge on any atom is -0.490 e. The third-order valence-electron chi connectivity index (χ3n) is 6.27. The molecule has 3 N–H and O–H groups in total. The van der Waals surface area contributed by atoms with Crippen molar-refractivity contribution in [1.82, 2.24) is 25.1 Å². The van der Waals surface area contributed by atoms with E-state index in [0.29, 0.717) is 22.2 Å². The van der Waals surface area contributed by atoms with E-state index in [-0.39, 0.29) is 36.6 Å². The number of carbonyl (C=O) groups excluding carboxylic acids is 1. The van der Waals surface area contributed by atoms with Crippen molar-refractivity contribution in [2.75, 3.05) is 13.2 Å². The molecule has 1 aliphatic carbocycles. The number of carbonyl (C=O) groups is 1. The highest BCUT2D eigenvalue weighted by Crippen LogP contribution is 2.34. The first-order valence-electron chi connectivity index (χ1n) is 11.1. The van der Waals surface area contributed by atoms with Gasteiger partial charge in [-0.1, -0.05) is 18.2 Å². The van der Waals surface area contributed by atoms with Crippen molar-refractivity contribution in [3.05, 3.63) is 70.4 Å². The van der Waals surface area contributed by atoms with Crippen molar-refractivity contribution in [2.24, 2.45) is 0 Å². The molecule has 0 bridgehead atoms. The largest absolute Gasteiger partial charge is 0.490 e. The zero-order chi connectivity index (χ0) is 22.8. The first-order valence-corrected chi connectivity index (χ1v) is 11.1. The first-order chi connectivity index (χ1) is 16.1. The Kier molecular flexibility index (Phi) is 5.78. The van der Waals surface area contributed by atoms with E-state index in [4.69, 9.17) is 9.84 Å². The Balaban J connectivity index is 1.25. The molecule has 0 radical (unpaired) electrons. The van der Waals surface area contributed by atoms with Gasteiger partial charge in [0.15, 0.2) is 0 Å². The van der Waals surface area contributed by atoms with E-state index in [1.807, 2.05) is 24.3 Å². The maximum Gasteiger partial charge on any atom is 0.272 e. The zero-order valence-electron chi connectivity index (χ0n) is 18.0. The molecule has 1 aromatic carbocycles. The predicted molar refractivity (Wildman–Crippen MR) is 123 cm³/mol. The highest BCUT2D eigenvalue weighted by molar-refractivity contribution is 6.00. The van der Waals surface area contributed by atoms with E-state index < -0.39 is 0 Å². The van der Waals surface area contributed by atoms with Gasteiger partial charge in [-0.3, -0.25) is 9.59 Å². The first kappa shape index (κ1) is 21.1. The molecule has 1 amide bonds. The van der Waals surface area contributed by atoms with Gasteiger partial charge >= 0.3 is 0 Å². The number of aromatic amines is 1. The number of pyridine rings is 1. The number of nitrogens with zero attached hydrogens (tertiary/aromatic N) is 3. The third-order valence-corrected chi connectivity index (χ3v) is 6.27. The van der Waals surface area contributed by atoms with E-state index in [1.54, 1.807) is 29.0 Å². The van der Waals surface area contributed by atoms with Crippen molar-refractivity contribution < 1.29 is 14.6 Å². The van der Waals surface area contributed by atoms with E-state index in [2.05, 4.69) is 20.6 Å². The van der Waals surface area contributed by atoms with E-state index in [9.17, 15) is 9.59 Å². The summed E-state index contributed by atoms with van der Waals surface area (Å²) in [5.74, 6) is 0.674. The summed E-state index contributed by atoms with van der Waals surface area (Å²) >= 11 is 0. The molecule has 1 aliphatic rings. The molecule has 0 saturated heterocycles.